The Bertz CT molecular complexity index is 694. The molecule has 0 amide bonds. The zero-order chi connectivity index (χ0) is 14.7. The molecule has 0 aliphatic carbocycles. The number of thioether (sulfide) groups is 1. The van der Waals surface area contributed by atoms with Crippen molar-refractivity contribution in [2.75, 3.05) is 12.8 Å². The summed E-state index contributed by atoms with van der Waals surface area (Å²) in [6, 6.07) is 7.16. The molecule has 1 aromatic carbocycles. The standard InChI is InChI=1S/C15H16FN3S2/c1-17-12(10-21-14-5-3-2-4-13(14)16)8-11-9-19-6-7-20-15(19)18-11/h2-7,9,12,17H,8,10H2,1H3. The van der Waals surface area contributed by atoms with Crippen LogP contribution in [0.5, 0.6) is 0 Å². The van der Waals surface area contributed by atoms with Crippen molar-refractivity contribution in [3.8, 4) is 0 Å². The summed E-state index contributed by atoms with van der Waals surface area (Å²) in [5.41, 5.74) is 1.07. The maximum Gasteiger partial charge on any atom is 0.193 e. The van der Waals surface area contributed by atoms with Crippen molar-refractivity contribution in [2.45, 2.75) is 17.4 Å². The highest BCUT2D eigenvalue weighted by Gasteiger charge is 2.12. The molecule has 0 radical (unpaired) electrons. The maximum absolute atomic E-state index is 13.6. The van der Waals surface area contributed by atoms with Gasteiger partial charge in [-0.25, -0.2) is 9.37 Å². The second kappa shape index (κ2) is 6.60. The number of nitrogens with one attached hydrogen (secondary N) is 1. The number of thiazole rings is 1. The van der Waals surface area contributed by atoms with Gasteiger partial charge in [0.2, 0.25) is 0 Å². The predicted octanol–water partition coefficient (Wildman–Crippen LogP) is 3.46. The number of likely N-dealkylation sites (N-methyl/N-ethyl adjacent to an activating group) is 1. The number of imidazole rings is 1. The lowest BCUT2D eigenvalue weighted by Gasteiger charge is -2.14. The first-order chi connectivity index (χ1) is 10.3. The van der Waals surface area contributed by atoms with Crippen LogP contribution in [0.1, 0.15) is 5.69 Å². The molecule has 0 spiro atoms. The molecule has 2 aromatic heterocycles. The first-order valence-corrected chi connectivity index (χ1v) is 8.58. The molecule has 3 aromatic rings. The van der Waals surface area contributed by atoms with E-state index in [0.29, 0.717) is 4.90 Å². The number of rotatable bonds is 6. The number of nitrogens with zero attached hydrogens (tertiary/aromatic N) is 2. The fraction of sp³-hybridized carbons (Fsp3) is 0.267. The molecule has 0 aliphatic rings. The molecule has 3 rings (SSSR count). The third-order valence-electron chi connectivity index (χ3n) is 3.28. The molecule has 2 heterocycles. The van der Waals surface area contributed by atoms with E-state index in [1.165, 1.54) is 17.8 Å². The number of benzene rings is 1. The number of fused-ring (bicyclic) bond motifs is 1. The van der Waals surface area contributed by atoms with E-state index in [9.17, 15) is 4.39 Å². The molecule has 1 unspecified atom stereocenters. The Balaban J connectivity index is 1.62. The average molecular weight is 321 g/mol. The molecule has 6 heteroatoms. The summed E-state index contributed by atoms with van der Waals surface area (Å²) in [7, 11) is 1.94. The minimum atomic E-state index is -0.153. The number of aromatic nitrogens is 2. The summed E-state index contributed by atoms with van der Waals surface area (Å²) in [4.78, 5) is 6.30. The van der Waals surface area contributed by atoms with Gasteiger partial charge in [0.05, 0.1) is 5.69 Å². The summed E-state index contributed by atoms with van der Waals surface area (Å²) in [6.07, 6.45) is 4.91. The summed E-state index contributed by atoms with van der Waals surface area (Å²) in [5.74, 6) is 0.655. The van der Waals surface area contributed by atoms with Gasteiger partial charge in [-0.15, -0.1) is 23.1 Å². The van der Waals surface area contributed by atoms with Crippen LogP contribution in [0.2, 0.25) is 0 Å². The molecule has 0 aliphatic heterocycles. The number of halogens is 1. The summed E-state index contributed by atoms with van der Waals surface area (Å²) < 4.78 is 15.7. The molecular weight excluding hydrogens is 305 g/mol. The Hall–Kier alpha value is -1.37. The van der Waals surface area contributed by atoms with Crippen LogP contribution < -0.4 is 5.32 Å². The zero-order valence-electron chi connectivity index (χ0n) is 11.6. The third kappa shape index (κ3) is 3.45. The quantitative estimate of drug-likeness (QED) is 0.705. The summed E-state index contributed by atoms with van der Waals surface area (Å²) in [5, 5.41) is 5.31. The van der Waals surface area contributed by atoms with Crippen LogP contribution in [-0.2, 0) is 6.42 Å². The van der Waals surface area contributed by atoms with E-state index in [2.05, 4.69) is 16.5 Å². The van der Waals surface area contributed by atoms with Gasteiger partial charge in [-0.3, -0.25) is 4.40 Å². The first-order valence-electron chi connectivity index (χ1n) is 6.72. The molecule has 110 valence electrons. The van der Waals surface area contributed by atoms with Gasteiger partial charge >= 0.3 is 0 Å². The lowest BCUT2D eigenvalue weighted by Crippen LogP contribution is -2.30. The SMILES string of the molecule is CNC(CSc1ccccc1F)Cc1cn2ccsc2n1. The highest BCUT2D eigenvalue weighted by molar-refractivity contribution is 7.99. The van der Waals surface area contributed by atoms with Crippen LogP contribution in [0.3, 0.4) is 0 Å². The first kappa shape index (κ1) is 14.6. The molecule has 21 heavy (non-hydrogen) atoms. The third-order valence-corrected chi connectivity index (χ3v) is 5.27. The van der Waals surface area contributed by atoms with Gasteiger partial charge in [0.1, 0.15) is 5.82 Å². The van der Waals surface area contributed by atoms with E-state index in [1.807, 2.05) is 35.2 Å². The van der Waals surface area contributed by atoms with E-state index >= 15 is 0 Å². The number of hydrogen-bond donors (Lipinski definition) is 1. The van der Waals surface area contributed by atoms with Crippen molar-refractivity contribution in [3.05, 3.63) is 53.6 Å². The summed E-state index contributed by atoms with van der Waals surface area (Å²) in [6.45, 7) is 0. The maximum atomic E-state index is 13.6. The van der Waals surface area contributed by atoms with Crippen molar-refractivity contribution in [1.29, 1.82) is 0 Å². The van der Waals surface area contributed by atoms with Crippen LogP contribution in [0.15, 0.2) is 46.9 Å². The van der Waals surface area contributed by atoms with Crippen LogP contribution in [-0.4, -0.2) is 28.2 Å². The highest BCUT2D eigenvalue weighted by atomic mass is 32.2. The minimum absolute atomic E-state index is 0.153. The van der Waals surface area contributed by atoms with Gasteiger partial charge in [-0.05, 0) is 19.2 Å². The van der Waals surface area contributed by atoms with Crippen molar-refractivity contribution in [2.24, 2.45) is 0 Å². The average Bonchev–Trinajstić information content (AvgIpc) is 3.06. The molecule has 0 saturated heterocycles. The second-order valence-electron chi connectivity index (χ2n) is 4.76. The topological polar surface area (TPSA) is 29.3 Å². The second-order valence-corrected chi connectivity index (χ2v) is 6.69. The minimum Gasteiger partial charge on any atom is -0.316 e. The number of hydrogen-bond acceptors (Lipinski definition) is 4. The van der Waals surface area contributed by atoms with Crippen molar-refractivity contribution in [3.63, 3.8) is 0 Å². The van der Waals surface area contributed by atoms with E-state index < -0.39 is 0 Å². The molecule has 1 N–H and O–H groups in total. The van der Waals surface area contributed by atoms with Crippen LogP contribution in [0.4, 0.5) is 4.39 Å². The zero-order valence-corrected chi connectivity index (χ0v) is 13.3. The van der Waals surface area contributed by atoms with E-state index in [-0.39, 0.29) is 11.9 Å². The van der Waals surface area contributed by atoms with Gasteiger partial charge in [-0.2, -0.15) is 0 Å². The monoisotopic (exact) mass is 321 g/mol. The summed E-state index contributed by atoms with van der Waals surface area (Å²) >= 11 is 3.17. The van der Waals surface area contributed by atoms with Crippen LogP contribution in [0, 0.1) is 5.82 Å². The van der Waals surface area contributed by atoms with Gasteiger partial charge in [-0.1, -0.05) is 12.1 Å². The normalized spacial score (nSPS) is 12.9. The van der Waals surface area contributed by atoms with Crippen molar-refractivity contribution >= 4 is 28.1 Å². The molecule has 0 saturated carbocycles. The van der Waals surface area contributed by atoms with Crippen LogP contribution >= 0.6 is 23.1 Å². The van der Waals surface area contributed by atoms with Crippen LogP contribution in [0.25, 0.3) is 4.96 Å². The molecule has 0 bridgehead atoms. The van der Waals surface area contributed by atoms with Gasteiger partial charge in [0.15, 0.2) is 4.96 Å². The van der Waals surface area contributed by atoms with E-state index in [4.69, 9.17) is 0 Å². The molecule has 3 nitrogen and oxygen atoms in total. The predicted molar refractivity (Wildman–Crippen MR) is 86.7 cm³/mol. The van der Waals surface area contributed by atoms with Gasteiger partial charge in [0.25, 0.3) is 0 Å². The Kier molecular flexibility index (Phi) is 4.57. The lowest BCUT2D eigenvalue weighted by atomic mass is 10.2. The van der Waals surface area contributed by atoms with E-state index in [1.54, 1.807) is 17.4 Å². The van der Waals surface area contributed by atoms with E-state index in [0.717, 1.165) is 22.8 Å². The highest BCUT2D eigenvalue weighted by Crippen LogP contribution is 2.23. The van der Waals surface area contributed by atoms with Gasteiger partial charge in [0, 0.05) is 40.9 Å². The fourth-order valence-corrected chi connectivity index (χ4v) is 3.89. The fourth-order valence-electron chi connectivity index (χ4n) is 2.12. The molecule has 1 atom stereocenters. The Morgan fingerprint density at radius 2 is 2.29 bits per heavy atom. The lowest BCUT2D eigenvalue weighted by molar-refractivity contribution is 0.597. The largest absolute Gasteiger partial charge is 0.316 e. The van der Waals surface area contributed by atoms with Crippen molar-refractivity contribution < 1.29 is 4.39 Å². The Morgan fingerprint density at radius 3 is 3.05 bits per heavy atom. The molecular formula is C15H16FN3S2. The van der Waals surface area contributed by atoms with Gasteiger partial charge < -0.3 is 5.32 Å². The van der Waals surface area contributed by atoms with Crippen molar-refractivity contribution in [1.82, 2.24) is 14.7 Å². The smallest absolute Gasteiger partial charge is 0.193 e. The Morgan fingerprint density at radius 1 is 1.43 bits per heavy atom. The Labute approximate surface area is 131 Å². The molecule has 0 fully saturated rings.